The number of aromatic amines is 1. The summed E-state index contributed by atoms with van der Waals surface area (Å²) >= 11 is 0. The number of nitrogens with one attached hydrogen (secondary N) is 1. The van der Waals surface area contributed by atoms with Crippen molar-refractivity contribution in [2.45, 2.75) is 0 Å². The zero-order valence-corrected chi connectivity index (χ0v) is 10.5. The molecule has 106 valence electrons. The molecule has 0 radical (unpaired) electrons. The van der Waals surface area contributed by atoms with Crippen molar-refractivity contribution in [1.29, 1.82) is 0 Å². The van der Waals surface area contributed by atoms with E-state index >= 15 is 0 Å². The van der Waals surface area contributed by atoms with Crippen LogP contribution in [0.5, 0.6) is 5.88 Å². The minimum atomic E-state index is -1.04. The number of benzene rings is 1. The number of hydrogen-bond donors (Lipinski definition) is 2. The quantitative estimate of drug-likeness (QED) is 0.496. The lowest BCUT2D eigenvalue weighted by Gasteiger charge is -1.97. The van der Waals surface area contributed by atoms with Gasteiger partial charge in [-0.2, -0.15) is 4.98 Å². The Hall–Kier alpha value is -3.29. The van der Waals surface area contributed by atoms with Gasteiger partial charge in [-0.15, -0.1) is 0 Å². The Morgan fingerprint density at radius 2 is 1.81 bits per heavy atom. The second-order valence-corrected chi connectivity index (χ2v) is 4.00. The number of nitro groups is 1. The molecule has 0 unspecified atom stereocenters. The molecule has 0 atom stereocenters. The first-order valence-corrected chi connectivity index (χ1v) is 5.72. The van der Waals surface area contributed by atoms with Gasteiger partial charge in [-0.1, -0.05) is 30.3 Å². The Bertz CT molecular complexity index is 777. The summed E-state index contributed by atoms with van der Waals surface area (Å²) in [4.78, 5) is 37.2. The van der Waals surface area contributed by atoms with Gasteiger partial charge in [0.05, 0.1) is 4.92 Å². The standard InChI is InChI=1S/C13H9N3O5/c17-7-9-3-1-8(2-4-9)5-6-10-14-12(18)11(16(20)21)13(19)15-10/h1-7H,(H2,14,15,18,19)/b6-5+. The molecule has 0 bridgehead atoms. The predicted octanol–water partition coefficient (Wildman–Crippen LogP) is 1.37. The van der Waals surface area contributed by atoms with Crippen molar-refractivity contribution < 1.29 is 14.8 Å². The van der Waals surface area contributed by atoms with Crippen molar-refractivity contribution in [2.24, 2.45) is 0 Å². The van der Waals surface area contributed by atoms with Crippen LogP contribution >= 0.6 is 0 Å². The molecule has 1 aromatic carbocycles. The summed E-state index contributed by atoms with van der Waals surface area (Å²) < 4.78 is 0. The van der Waals surface area contributed by atoms with Gasteiger partial charge in [0, 0.05) is 5.56 Å². The van der Waals surface area contributed by atoms with Crippen LogP contribution in [-0.2, 0) is 0 Å². The van der Waals surface area contributed by atoms with E-state index in [1.165, 1.54) is 6.08 Å². The molecule has 0 spiro atoms. The number of aromatic hydroxyl groups is 1. The first kappa shape index (κ1) is 14.1. The molecule has 2 aromatic rings. The van der Waals surface area contributed by atoms with Crippen molar-refractivity contribution in [3.63, 3.8) is 0 Å². The minimum Gasteiger partial charge on any atom is -0.488 e. The second-order valence-electron chi connectivity index (χ2n) is 4.00. The summed E-state index contributed by atoms with van der Waals surface area (Å²) in [5.41, 5.74) is -0.793. The molecule has 0 saturated heterocycles. The first-order valence-electron chi connectivity index (χ1n) is 5.72. The van der Waals surface area contributed by atoms with Gasteiger partial charge in [0.1, 0.15) is 12.1 Å². The fraction of sp³-hybridized carbons (Fsp3) is 0. The molecule has 8 nitrogen and oxygen atoms in total. The Morgan fingerprint density at radius 1 is 1.19 bits per heavy atom. The number of nitrogens with zero attached hydrogens (tertiary/aromatic N) is 2. The molecule has 0 saturated carbocycles. The lowest BCUT2D eigenvalue weighted by molar-refractivity contribution is -0.387. The number of rotatable bonds is 4. The van der Waals surface area contributed by atoms with Gasteiger partial charge < -0.3 is 10.1 Å². The molecule has 0 aliphatic heterocycles. The fourth-order valence-electron chi connectivity index (χ4n) is 1.58. The monoisotopic (exact) mass is 287 g/mol. The predicted molar refractivity (Wildman–Crippen MR) is 73.9 cm³/mol. The SMILES string of the molecule is O=Cc1ccc(/C=C/c2nc(O)c([N+](=O)[O-])c(=O)[nH]2)cc1. The highest BCUT2D eigenvalue weighted by Crippen LogP contribution is 2.17. The van der Waals surface area contributed by atoms with E-state index in [4.69, 9.17) is 0 Å². The van der Waals surface area contributed by atoms with Gasteiger partial charge >= 0.3 is 11.2 Å². The highest BCUT2D eigenvalue weighted by molar-refractivity contribution is 5.76. The van der Waals surface area contributed by atoms with E-state index < -0.39 is 22.0 Å². The maximum absolute atomic E-state index is 11.4. The summed E-state index contributed by atoms with van der Waals surface area (Å²) in [7, 11) is 0. The molecular weight excluding hydrogens is 278 g/mol. The number of hydrogen-bond acceptors (Lipinski definition) is 6. The normalized spacial score (nSPS) is 10.7. The average molecular weight is 287 g/mol. The molecule has 2 rings (SSSR count). The van der Waals surface area contributed by atoms with Crippen LogP contribution in [0.2, 0.25) is 0 Å². The molecule has 1 heterocycles. The van der Waals surface area contributed by atoms with Crippen molar-refractivity contribution >= 4 is 24.1 Å². The summed E-state index contributed by atoms with van der Waals surface area (Å²) in [5, 5.41) is 19.9. The van der Waals surface area contributed by atoms with Gasteiger partial charge in [-0.05, 0) is 11.6 Å². The van der Waals surface area contributed by atoms with Gasteiger partial charge in [0.25, 0.3) is 5.88 Å². The van der Waals surface area contributed by atoms with Crippen LogP contribution in [0.15, 0.2) is 29.1 Å². The van der Waals surface area contributed by atoms with Crippen LogP contribution in [0.25, 0.3) is 12.2 Å². The largest absolute Gasteiger partial charge is 0.488 e. The summed E-state index contributed by atoms with van der Waals surface area (Å²) in [6, 6.07) is 6.56. The number of H-pyrrole nitrogens is 1. The molecule has 0 fully saturated rings. The van der Waals surface area contributed by atoms with E-state index in [0.717, 1.165) is 5.56 Å². The Balaban J connectivity index is 2.31. The lowest BCUT2D eigenvalue weighted by atomic mass is 10.1. The smallest absolute Gasteiger partial charge is 0.395 e. The van der Waals surface area contributed by atoms with Crippen LogP contribution in [0, 0.1) is 10.1 Å². The molecule has 0 aliphatic rings. The molecule has 0 aliphatic carbocycles. The number of aromatic nitrogens is 2. The molecule has 1 aromatic heterocycles. The van der Waals surface area contributed by atoms with Gasteiger partial charge in [-0.25, -0.2) is 0 Å². The fourth-order valence-corrected chi connectivity index (χ4v) is 1.58. The van der Waals surface area contributed by atoms with Crippen LogP contribution < -0.4 is 5.56 Å². The molecule has 8 heteroatoms. The topological polar surface area (TPSA) is 126 Å². The molecular formula is C13H9N3O5. The summed E-state index contributed by atoms with van der Waals surface area (Å²) in [5.74, 6) is -0.970. The first-order chi connectivity index (χ1) is 10.0. The number of aldehydes is 1. The molecule has 21 heavy (non-hydrogen) atoms. The van der Waals surface area contributed by atoms with E-state index in [9.17, 15) is 24.8 Å². The van der Waals surface area contributed by atoms with E-state index in [-0.39, 0.29) is 5.82 Å². The second kappa shape index (κ2) is 5.78. The molecule has 2 N–H and O–H groups in total. The zero-order chi connectivity index (χ0) is 15.4. The van der Waals surface area contributed by atoms with Crippen LogP contribution in [0.1, 0.15) is 21.7 Å². The highest BCUT2D eigenvalue weighted by Gasteiger charge is 2.21. The Morgan fingerprint density at radius 3 is 2.33 bits per heavy atom. The van der Waals surface area contributed by atoms with E-state index in [1.54, 1.807) is 30.3 Å². The van der Waals surface area contributed by atoms with Gasteiger partial charge in [0.15, 0.2) is 0 Å². The maximum atomic E-state index is 11.4. The Kier molecular flexibility index (Phi) is 3.89. The van der Waals surface area contributed by atoms with Crippen molar-refractivity contribution in [3.05, 3.63) is 61.7 Å². The summed E-state index contributed by atoms with van der Waals surface area (Å²) in [6.45, 7) is 0. The van der Waals surface area contributed by atoms with E-state index in [1.807, 2.05) is 0 Å². The third-order valence-electron chi connectivity index (χ3n) is 2.58. The van der Waals surface area contributed by atoms with Crippen LogP contribution in [0.3, 0.4) is 0 Å². The van der Waals surface area contributed by atoms with Crippen LogP contribution in [0.4, 0.5) is 5.69 Å². The third-order valence-corrected chi connectivity index (χ3v) is 2.58. The zero-order valence-electron chi connectivity index (χ0n) is 10.5. The van der Waals surface area contributed by atoms with Crippen molar-refractivity contribution in [3.8, 4) is 5.88 Å². The average Bonchev–Trinajstić information content (AvgIpc) is 2.44. The van der Waals surface area contributed by atoms with E-state index in [0.29, 0.717) is 11.8 Å². The van der Waals surface area contributed by atoms with Crippen molar-refractivity contribution in [2.75, 3.05) is 0 Å². The molecule has 0 amide bonds. The van der Waals surface area contributed by atoms with Gasteiger partial charge in [-0.3, -0.25) is 19.7 Å². The third kappa shape index (κ3) is 3.18. The Labute approximate surface area is 117 Å². The lowest BCUT2D eigenvalue weighted by Crippen LogP contribution is -2.14. The van der Waals surface area contributed by atoms with Crippen LogP contribution in [-0.4, -0.2) is 26.3 Å². The maximum Gasteiger partial charge on any atom is 0.395 e. The van der Waals surface area contributed by atoms with Crippen molar-refractivity contribution in [1.82, 2.24) is 9.97 Å². The summed E-state index contributed by atoms with van der Waals surface area (Å²) in [6.07, 6.45) is 3.65. The highest BCUT2D eigenvalue weighted by atomic mass is 16.6. The van der Waals surface area contributed by atoms with Gasteiger partial charge in [0.2, 0.25) is 0 Å². The number of carbonyl (C=O) groups excluding carboxylic acids is 1. The number of carbonyl (C=O) groups is 1. The minimum absolute atomic E-state index is 0.0254. The van der Waals surface area contributed by atoms with E-state index in [2.05, 4.69) is 9.97 Å².